The number of rotatable bonds is 2. The highest BCUT2D eigenvalue weighted by Gasteiger charge is 2.34. The van der Waals surface area contributed by atoms with E-state index in [0.717, 1.165) is 19.3 Å². The lowest BCUT2D eigenvalue weighted by Gasteiger charge is -2.25. The Labute approximate surface area is 84.7 Å². The average Bonchev–Trinajstić information content (AvgIpc) is 2.04. The van der Waals surface area contributed by atoms with Crippen LogP contribution in [0.4, 0.5) is 0 Å². The summed E-state index contributed by atoms with van der Waals surface area (Å²) in [6.45, 7) is 0. The molecular weight excluding hydrogens is 271 g/mol. The number of carbonyl (C=O) groups excluding carboxylic acids is 1. The van der Waals surface area contributed by atoms with Gasteiger partial charge in [0.25, 0.3) is 0 Å². The summed E-state index contributed by atoms with van der Waals surface area (Å²) in [6, 6.07) is 0. The van der Waals surface area contributed by atoms with Gasteiger partial charge in [0.05, 0.1) is 5.92 Å². The van der Waals surface area contributed by atoms with Crippen molar-refractivity contribution in [2.45, 2.75) is 25.7 Å². The zero-order valence-corrected chi connectivity index (χ0v) is 8.78. The van der Waals surface area contributed by atoms with Crippen LogP contribution in [0, 0.1) is 11.8 Å². The van der Waals surface area contributed by atoms with Crippen molar-refractivity contribution in [3.05, 3.63) is 0 Å². The van der Waals surface area contributed by atoms with Gasteiger partial charge in [0, 0.05) is 5.92 Å². The predicted molar refractivity (Wildman–Crippen MR) is 52.1 cm³/mol. The number of aliphatic carboxylic acids is 1. The molecule has 1 aliphatic rings. The Morgan fingerprint density at radius 2 is 1.67 bits per heavy atom. The summed E-state index contributed by atoms with van der Waals surface area (Å²) >= 11 is 1.71. The Morgan fingerprint density at radius 1 is 1.17 bits per heavy atom. The first-order valence-electron chi connectivity index (χ1n) is 4.05. The molecule has 0 bridgehead atoms. The number of hydrogen-bond acceptors (Lipinski definition) is 2. The summed E-state index contributed by atoms with van der Waals surface area (Å²) < 4.78 is -0.000278. The maximum atomic E-state index is 11.0. The molecule has 0 aliphatic heterocycles. The summed E-state index contributed by atoms with van der Waals surface area (Å²) in [5.74, 6) is -1.48. The highest BCUT2D eigenvalue weighted by Crippen LogP contribution is 2.32. The predicted octanol–water partition coefficient (Wildman–Crippen LogP) is 1.84. The highest BCUT2D eigenvalue weighted by molar-refractivity contribution is 14.1. The van der Waals surface area contributed by atoms with E-state index >= 15 is 0 Å². The molecule has 4 heteroatoms. The summed E-state index contributed by atoms with van der Waals surface area (Å²) in [5.41, 5.74) is 0. The fourth-order valence-corrected chi connectivity index (χ4v) is 2.44. The lowest BCUT2D eigenvalue weighted by Crippen LogP contribution is -2.30. The molecule has 0 aromatic heterocycles. The highest BCUT2D eigenvalue weighted by atomic mass is 127. The first-order valence-corrected chi connectivity index (χ1v) is 5.13. The molecule has 1 saturated carbocycles. The van der Waals surface area contributed by atoms with Gasteiger partial charge >= 0.3 is 5.97 Å². The van der Waals surface area contributed by atoms with Crippen LogP contribution in [0.3, 0.4) is 0 Å². The summed E-state index contributed by atoms with van der Waals surface area (Å²) in [4.78, 5) is 21.8. The molecule has 12 heavy (non-hydrogen) atoms. The van der Waals surface area contributed by atoms with E-state index in [1.165, 1.54) is 0 Å². The molecule has 0 aromatic carbocycles. The monoisotopic (exact) mass is 282 g/mol. The lowest BCUT2D eigenvalue weighted by atomic mass is 9.80. The van der Waals surface area contributed by atoms with E-state index in [-0.39, 0.29) is 9.71 Å². The molecule has 0 amide bonds. The molecule has 0 radical (unpaired) electrons. The minimum Gasteiger partial charge on any atom is -0.481 e. The van der Waals surface area contributed by atoms with Crippen LogP contribution >= 0.6 is 22.6 Å². The average molecular weight is 282 g/mol. The van der Waals surface area contributed by atoms with E-state index in [0.29, 0.717) is 6.42 Å². The number of halogens is 1. The number of carboxylic acid groups (broad SMARTS) is 1. The smallest absolute Gasteiger partial charge is 0.307 e. The Hall–Kier alpha value is -0.130. The lowest BCUT2D eigenvalue weighted by molar-refractivity contribution is -0.146. The molecule has 1 rings (SSSR count). The van der Waals surface area contributed by atoms with Crippen LogP contribution < -0.4 is 0 Å². The van der Waals surface area contributed by atoms with Crippen LogP contribution in [0.15, 0.2) is 0 Å². The number of hydrogen-bond donors (Lipinski definition) is 1. The van der Waals surface area contributed by atoms with Gasteiger partial charge in [0.15, 0.2) is 3.79 Å². The van der Waals surface area contributed by atoms with Gasteiger partial charge in [-0.15, -0.1) is 0 Å². The first kappa shape index (κ1) is 9.95. The van der Waals surface area contributed by atoms with Gasteiger partial charge in [0.1, 0.15) is 0 Å². The Balaban J connectivity index is 2.67. The van der Waals surface area contributed by atoms with Crippen LogP contribution in [0.2, 0.25) is 0 Å². The molecule has 68 valence electrons. The Kier molecular flexibility index (Phi) is 3.49. The van der Waals surface area contributed by atoms with Gasteiger partial charge < -0.3 is 5.11 Å². The second-order valence-electron chi connectivity index (χ2n) is 3.14. The quantitative estimate of drug-likeness (QED) is 0.621. The van der Waals surface area contributed by atoms with Gasteiger partial charge in [-0.2, -0.15) is 0 Å². The maximum Gasteiger partial charge on any atom is 0.307 e. The van der Waals surface area contributed by atoms with Gasteiger partial charge in [-0.1, -0.05) is 12.8 Å². The standard InChI is InChI=1S/C8H11IO3/c9-7(10)5-3-1-2-4-6(5)8(11)12/h5-6H,1-4H2,(H,11,12). The zero-order chi connectivity index (χ0) is 9.14. The van der Waals surface area contributed by atoms with Crippen molar-refractivity contribution < 1.29 is 14.7 Å². The summed E-state index contributed by atoms with van der Waals surface area (Å²) in [5, 5.41) is 8.80. The molecule has 2 atom stereocenters. The van der Waals surface area contributed by atoms with Crippen LogP contribution in [0.5, 0.6) is 0 Å². The zero-order valence-electron chi connectivity index (χ0n) is 6.62. The minimum absolute atomic E-state index is 0.000278. The third kappa shape index (κ3) is 2.18. The van der Waals surface area contributed by atoms with Crippen LogP contribution in [-0.2, 0) is 9.59 Å². The Morgan fingerprint density at radius 3 is 2.00 bits per heavy atom. The van der Waals surface area contributed by atoms with E-state index in [9.17, 15) is 9.59 Å². The molecule has 0 saturated heterocycles. The van der Waals surface area contributed by atoms with Crippen molar-refractivity contribution in [1.82, 2.24) is 0 Å². The van der Waals surface area contributed by atoms with E-state index in [2.05, 4.69) is 0 Å². The van der Waals surface area contributed by atoms with E-state index in [1.807, 2.05) is 0 Å². The second-order valence-corrected chi connectivity index (χ2v) is 4.20. The first-order chi connectivity index (χ1) is 5.63. The third-order valence-electron chi connectivity index (χ3n) is 2.37. The third-order valence-corrected chi connectivity index (χ3v) is 3.17. The molecule has 0 aromatic rings. The molecule has 0 spiro atoms. The molecule has 3 nitrogen and oxygen atoms in total. The van der Waals surface area contributed by atoms with Gasteiger partial charge in [-0.25, -0.2) is 0 Å². The van der Waals surface area contributed by atoms with Crippen molar-refractivity contribution >= 4 is 32.4 Å². The van der Waals surface area contributed by atoms with Crippen molar-refractivity contribution in [2.24, 2.45) is 11.8 Å². The SMILES string of the molecule is O=C(O)C1CCCCC1C(=O)I. The number of carboxylic acids is 1. The minimum atomic E-state index is -0.815. The second kappa shape index (κ2) is 4.20. The summed E-state index contributed by atoms with van der Waals surface area (Å²) in [6.07, 6.45) is 3.34. The normalized spacial score (nSPS) is 29.8. The van der Waals surface area contributed by atoms with Crippen LogP contribution in [0.25, 0.3) is 0 Å². The van der Waals surface area contributed by atoms with Gasteiger partial charge in [-0.3, -0.25) is 9.59 Å². The van der Waals surface area contributed by atoms with E-state index < -0.39 is 11.9 Å². The van der Waals surface area contributed by atoms with Crippen molar-refractivity contribution in [2.75, 3.05) is 0 Å². The maximum absolute atomic E-state index is 11.0. The van der Waals surface area contributed by atoms with Gasteiger partial charge in [0.2, 0.25) is 0 Å². The fourth-order valence-electron chi connectivity index (χ4n) is 1.70. The largest absolute Gasteiger partial charge is 0.481 e. The van der Waals surface area contributed by atoms with Crippen molar-refractivity contribution in [3.63, 3.8) is 0 Å². The van der Waals surface area contributed by atoms with E-state index in [4.69, 9.17) is 5.11 Å². The Bertz CT molecular complexity index is 180. The summed E-state index contributed by atoms with van der Waals surface area (Å²) in [7, 11) is 0. The molecular formula is C8H11IO3. The molecule has 1 fully saturated rings. The molecule has 0 heterocycles. The van der Waals surface area contributed by atoms with Crippen LogP contribution in [0.1, 0.15) is 25.7 Å². The fraction of sp³-hybridized carbons (Fsp3) is 0.750. The van der Waals surface area contributed by atoms with Crippen LogP contribution in [-0.4, -0.2) is 14.9 Å². The molecule has 1 N–H and O–H groups in total. The van der Waals surface area contributed by atoms with Gasteiger partial charge in [-0.05, 0) is 35.4 Å². The topological polar surface area (TPSA) is 54.4 Å². The van der Waals surface area contributed by atoms with Crippen molar-refractivity contribution in [3.8, 4) is 0 Å². The molecule has 2 unspecified atom stereocenters. The number of carbonyl (C=O) groups is 2. The van der Waals surface area contributed by atoms with E-state index in [1.54, 1.807) is 22.6 Å². The van der Waals surface area contributed by atoms with Crippen molar-refractivity contribution in [1.29, 1.82) is 0 Å². The molecule has 1 aliphatic carbocycles.